The fraction of sp³-hybridized carbons (Fsp3) is 0.167. The topological polar surface area (TPSA) is 104 Å². The van der Waals surface area contributed by atoms with Crippen molar-refractivity contribution in [3.05, 3.63) is 47.7 Å². The lowest BCUT2D eigenvalue weighted by atomic mass is 10.2. The summed E-state index contributed by atoms with van der Waals surface area (Å²) >= 11 is 0. The summed E-state index contributed by atoms with van der Waals surface area (Å²) in [5.74, 6) is -1.89. The Morgan fingerprint density at radius 1 is 1.26 bits per heavy atom. The number of carboxylic acid groups (broad SMARTS) is 1. The number of benzene rings is 1. The molecule has 3 N–H and O–H groups in total. The van der Waals surface area contributed by atoms with Crippen LogP contribution in [0.5, 0.6) is 0 Å². The van der Waals surface area contributed by atoms with E-state index in [1.807, 2.05) is 0 Å². The molecule has 1 rings (SSSR count). The molecule has 1 atom stereocenters. The largest absolute Gasteiger partial charge is 0.477 e. The molecule has 0 radical (unpaired) electrons. The quantitative estimate of drug-likeness (QED) is 0.536. The van der Waals surface area contributed by atoms with Crippen LogP contribution in [0.1, 0.15) is 10.4 Å². The molecule has 0 saturated heterocycles. The molecule has 19 heavy (non-hydrogen) atoms. The van der Waals surface area contributed by atoms with Gasteiger partial charge in [-0.05, 0) is 18.2 Å². The summed E-state index contributed by atoms with van der Waals surface area (Å²) in [6, 6.07) is 8.13. The summed E-state index contributed by atoms with van der Waals surface area (Å²) in [5, 5.41) is 19.7. The third kappa shape index (κ3) is 4.99. The number of aliphatic hydroxyl groups excluding tert-OH is 1. The maximum Gasteiger partial charge on any atom is 0.370 e. The Hall–Kier alpha value is -2.04. The Balaban J connectivity index is 2.77. The molecule has 7 heteroatoms. The molecule has 0 fully saturated rings. The van der Waals surface area contributed by atoms with Crippen molar-refractivity contribution in [2.45, 2.75) is 0 Å². The zero-order valence-electron chi connectivity index (χ0n) is 9.94. The lowest BCUT2D eigenvalue weighted by Gasteiger charge is -2.04. The summed E-state index contributed by atoms with van der Waals surface area (Å²) < 4.78 is 11.0. The van der Waals surface area contributed by atoms with Crippen molar-refractivity contribution in [3.8, 4) is 0 Å². The van der Waals surface area contributed by atoms with Gasteiger partial charge in [0.25, 0.3) is 5.91 Å². The van der Waals surface area contributed by atoms with E-state index < -0.39 is 26.0 Å². The molecule has 0 heterocycles. The first-order chi connectivity index (χ1) is 9.04. The average Bonchev–Trinajstić information content (AvgIpc) is 2.43. The highest BCUT2D eigenvalue weighted by atomic mass is 31.1. The van der Waals surface area contributed by atoms with Gasteiger partial charge in [0.1, 0.15) is 5.70 Å². The van der Waals surface area contributed by atoms with Crippen LogP contribution in [0.15, 0.2) is 42.1 Å². The number of carboxylic acids is 1. The molecule has 1 aromatic carbocycles. The number of amides is 1. The summed E-state index contributed by atoms with van der Waals surface area (Å²) in [6.45, 7) is 0. The van der Waals surface area contributed by atoms with Gasteiger partial charge in [-0.15, -0.1) is 0 Å². The first-order valence-corrected chi connectivity index (χ1v) is 7.00. The van der Waals surface area contributed by atoms with E-state index >= 15 is 0 Å². The Morgan fingerprint density at radius 3 is 2.42 bits per heavy atom. The molecule has 0 spiro atoms. The summed E-state index contributed by atoms with van der Waals surface area (Å²) in [4.78, 5) is 22.7. The highest BCUT2D eigenvalue weighted by molar-refractivity contribution is 7.44. The van der Waals surface area contributed by atoms with Crippen LogP contribution in [0.4, 0.5) is 0 Å². The van der Waals surface area contributed by atoms with Gasteiger partial charge < -0.3 is 15.5 Å². The van der Waals surface area contributed by atoms with Crippen LogP contribution in [-0.4, -0.2) is 34.6 Å². The van der Waals surface area contributed by atoms with E-state index in [2.05, 4.69) is 5.32 Å². The molecule has 0 aliphatic carbocycles. The maximum atomic E-state index is 11.7. The van der Waals surface area contributed by atoms with Crippen LogP contribution in [0, 0.1) is 0 Å². The Bertz CT molecular complexity index is 512. The van der Waals surface area contributed by atoms with Gasteiger partial charge in [0.2, 0.25) is 6.35 Å². The molecule has 1 amide bonds. The second kappa shape index (κ2) is 7.41. The van der Waals surface area contributed by atoms with Crippen molar-refractivity contribution in [1.29, 1.82) is 0 Å². The monoisotopic (exact) mass is 282 g/mol. The molecule has 0 bridgehead atoms. The molecule has 1 aromatic rings. The van der Waals surface area contributed by atoms with Crippen molar-refractivity contribution in [2.24, 2.45) is 0 Å². The van der Waals surface area contributed by atoms with E-state index in [1.54, 1.807) is 30.3 Å². The Labute approximate surface area is 110 Å². The highest BCUT2D eigenvalue weighted by Gasteiger charge is 2.16. The fourth-order valence-corrected chi connectivity index (χ4v) is 1.73. The Kier molecular flexibility index (Phi) is 5.85. The lowest BCUT2D eigenvalue weighted by molar-refractivity contribution is -0.133. The molecular formula is C12H13NO5P+. The second-order valence-electron chi connectivity index (χ2n) is 3.55. The number of rotatable bonds is 6. The smallest absolute Gasteiger partial charge is 0.370 e. The first kappa shape index (κ1) is 15.0. The first-order valence-electron chi connectivity index (χ1n) is 5.37. The van der Waals surface area contributed by atoms with Gasteiger partial charge >= 0.3 is 13.8 Å². The SMILES string of the molecule is O=C(O)/C(=C\C[P+](=O)CO)NC(=O)c1ccccc1. The average molecular weight is 282 g/mol. The van der Waals surface area contributed by atoms with Gasteiger partial charge in [0.05, 0.1) is 0 Å². The number of carbonyl (C=O) groups is 2. The predicted molar refractivity (Wildman–Crippen MR) is 69.2 cm³/mol. The second-order valence-corrected chi connectivity index (χ2v) is 5.16. The van der Waals surface area contributed by atoms with Crippen LogP contribution >= 0.6 is 7.80 Å². The molecule has 0 aliphatic heterocycles. The van der Waals surface area contributed by atoms with Gasteiger partial charge in [0, 0.05) is 5.56 Å². The van der Waals surface area contributed by atoms with Crippen LogP contribution < -0.4 is 5.32 Å². The van der Waals surface area contributed by atoms with Gasteiger partial charge in [-0.2, -0.15) is 0 Å². The number of hydrogen-bond donors (Lipinski definition) is 3. The predicted octanol–water partition coefficient (Wildman–Crippen LogP) is 1.16. The molecule has 0 saturated carbocycles. The number of aliphatic hydroxyl groups is 1. The van der Waals surface area contributed by atoms with Crippen LogP contribution in [0.2, 0.25) is 0 Å². The van der Waals surface area contributed by atoms with E-state index in [-0.39, 0.29) is 11.9 Å². The molecule has 0 aromatic heterocycles. The van der Waals surface area contributed by atoms with Crippen LogP contribution in [0.25, 0.3) is 0 Å². The zero-order chi connectivity index (χ0) is 14.3. The maximum absolute atomic E-state index is 11.7. The highest BCUT2D eigenvalue weighted by Crippen LogP contribution is 2.18. The minimum absolute atomic E-state index is 0.109. The van der Waals surface area contributed by atoms with Gasteiger partial charge in [-0.1, -0.05) is 22.8 Å². The minimum atomic E-state index is -1.90. The number of nitrogens with one attached hydrogen (secondary N) is 1. The number of allylic oxidation sites excluding steroid dienone is 1. The fourth-order valence-electron chi connectivity index (χ4n) is 1.23. The number of aliphatic carboxylic acids is 1. The van der Waals surface area contributed by atoms with E-state index in [4.69, 9.17) is 10.2 Å². The van der Waals surface area contributed by atoms with E-state index in [1.165, 1.54) is 0 Å². The third-order valence-electron chi connectivity index (χ3n) is 2.17. The van der Waals surface area contributed by atoms with Gasteiger partial charge in [-0.25, -0.2) is 4.79 Å². The Morgan fingerprint density at radius 2 is 1.89 bits per heavy atom. The molecular weight excluding hydrogens is 269 g/mol. The van der Waals surface area contributed by atoms with Crippen molar-refractivity contribution >= 4 is 19.7 Å². The molecule has 1 unspecified atom stereocenters. The van der Waals surface area contributed by atoms with Gasteiger partial charge in [-0.3, -0.25) is 4.79 Å². The van der Waals surface area contributed by atoms with E-state index in [0.717, 1.165) is 6.08 Å². The van der Waals surface area contributed by atoms with Crippen molar-refractivity contribution in [1.82, 2.24) is 5.32 Å². The molecule has 100 valence electrons. The summed E-state index contributed by atoms with van der Waals surface area (Å²) in [5.41, 5.74) is -0.0353. The van der Waals surface area contributed by atoms with Crippen molar-refractivity contribution in [2.75, 3.05) is 12.5 Å². The molecule has 6 nitrogen and oxygen atoms in total. The van der Waals surface area contributed by atoms with Crippen LogP contribution in [-0.2, 0) is 9.36 Å². The minimum Gasteiger partial charge on any atom is -0.477 e. The normalized spacial score (nSPS) is 11.8. The van der Waals surface area contributed by atoms with E-state index in [9.17, 15) is 14.2 Å². The molecule has 0 aliphatic rings. The number of hydrogen-bond acceptors (Lipinski definition) is 4. The standard InChI is InChI=1S/C12H12NO5P/c14-8-19(18)7-6-10(12(16)17)13-11(15)9-4-2-1-3-5-9/h1-6,14H,7-8H2,(H-,13,15,16,17)/p+1/b10-6+. The van der Waals surface area contributed by atoms with E-state index in [0.29, 0.717) is 5.56 Å². The lowest BCUT2D eigenvalue weighted by Crippen LogP contribution is -2.27. The summed E-state index contributed by atoms with van der Waals surface area (Å²) in [7, 11) is -1.90. The number of carbonyl (C=O) groups excluding carboxylic acids is 1. The van der Waals surface area contributed by atoms with Crippen molar-refractivity contribution < 1.29 is 24.4 Å². The third-order valence-corrected chi connectivity index (χ3v) is 3.08. The zero-order valence-corrected chi connectivity index (χ0v) is 10.8. The van der Waals surface area contributed by atoms with Gasteiger partial charge in [0.15, 0.2) is 6.16 Å². The summed E-state index contributed by atoms with van der Waals surface area (Å²) in [6.07, 6.45) is 0.492. The van der Waals surface area contributed by atoms with Crippen LogP contribution in [0.3, 0.4) is 0 Å². The van der Waals surface area contributed by atoms with Crippen molar-refractivity contribution in [3.63, 3.8) is 0 Å².